The number of hydrogen-bond donors (Lipinski definition) is 0. The van der Waals surface area contributed by atoms with Crippen molar-refractivity contribution < 1.29 is 9.53 Å². The lowest BCUT2D eigenvalue weighted by Gasteiger charge is -2.19. The van der Waals surface area contributed by atoms with Crippen LogP contribution < -0.4 is 9.64 Å². The van der Waals surface area contributed by atoms with Crippen LogP contribution in [0.2, 0.25) is 0 Å². The summed E-state index contributed by atoms with van der Waals surface area (Å²) < 4.78 is 6.85. The van der Waals surface area contributed by atoms with Crippen molar-refractivity contribution in [1.29, 1.82) is 0 Å². The van der Waals surface area contributed by atoms with E-state index in [0.717, 1.165) is 20.4 Å². The molecule has 0 unspecified atom stereocenters. The smallest absolute Gasteiger partial charge is 0.259 e. The van der Waals surface area contributed by atoms with Gasteiger partial charge in [0.05, 0.1) is 12.7 Å². The molecule has 0 aliphatic carbocycles. The topological polar surface area (TPSA) is 29.5 Å². The summed E-state index contributed by atoms with van der Waals surface area (Å²) in [4.78, 5) is 14.1. The van der Waals surface area contributed by atoms with E-state index in [1.807, 2.05) is 36.4 Å². The minimum absolute atomic E-state index is 0.0855. The molecule has 2 aromatic carbocycles. The molecule has 0 N–H and O–H groups in total. The Balaban J connectivity index is 2.32. The van der Waals surface area contributed by atoms with Crippen molar-refractivity contribution in [3.8, 4) is 5.75 Å². The van der Waals surface area contributed by atoms with Gasteiger partial charge < -0.3 is 9.64 Å². The van der Waals surface area contributed by atoms with Crippen molar-refractivity contribution >= 4 is 43.5 Å². The molecule has 0 bridgehead atoms. The van der Waals surface area contributed by atoms with Crippen LogP contribution in [0.15, 0.2) is 51.4 Å². The molecule has 3 nitrogen and oxygen atoms in total. The molecule has 0 aliphatic rings. The third-order valence-corrected chi connectivity index (χ3v) is 4.06. The van der Waals surface area contributed by atoms with Gasteiger partial charge in [-0.15, -0.1) is 0 Å². The van der Waals surface area contributed by atoms with Gasteiger partial charge in [0.1, 0.15) is 5.75 Å². The van der Waals surface area contributed by atoms with Crippen molar-refractivity contribution in [1.82, 2.24) is 0 Å². The molecule has 2 aromatic rings. The van der Waals surface area contributed by atoms with Crippen LogP contribution >= 0.6 is 31.9 Å². The number of halogens is 2. The van der Waals surface area contributed by atoms with Gasteiger partial charge in [-0.2, -0.15) is 0 Å². The van der Waals surface area contributed by atoms with Crippen LogP contribution in [0.5, 0.6) is 5.75 Å². The van der Waals surface area contributed by atoms with Gasteiger partial charge in [0.25, 0.3) is 5.91 Å². The number of anilines is 1. The van der Waals surface area contributed by atoms with E-state index >= 15 is 0 Å². The van der Waals surface area contributed by atoms with E-state index in [1.165, 1.54) is 0 Å². The minimum atomic E-state index is -0.0855. The summed E-state index contributed by atoms with van der Waals surface area (Å²) in [5.74, 6) is 0.634. The van der Waals surface area contributed by atoms with E-state index < -0.39 is 0 Å². The molecule has 0 radical (unpaired) electrons. The Morgan fingerprint density at radius 2 is 1.90 bits per heavy atom. The Morgan fingerprint density at radius 3 is 2.55 bits per heavy atom. The van der Waals surface area contributed by atoms with Gasteiger partial charge >= 0.3 is 0 Å². The normalized spacial score (nSPS) is 10.2. The first kappa shape index (κ1) is 15.1. The predicted molar refractivity (Wildman–Crippen MR) is 87.6 cm³/mol. The largest absolute Gasteiger partial charge is 0.497 e. The fourth-order valence-electron chi connectivity index (χ4n) is 1.78. The van der Waals surface area contributed by atoms with E-state index in [2.05, 4.69) is 31.9 Å². The van der Waals surface area contributed by atoms with Crippen LogP contribution in [0, 0.1) is 0 Å². The SMILES string of the molecule is COc1cccc(N(C)C(=O)c2ccc(Br)cc2Br)c1. The maximum Gasteiger partial charge on any atom is 0.259 e. The molecule has 104 valence electrons. The molecule has 0 atom stereocenters. The molecule has 0 heterocycles. The Morgan fingerprint density at radius 1 is 1.15 bits per heavy atom. The Hall–Kier alpha value is -1.33. The molecule has 0 saturated heterocycles. The molecule has 0 spiro atoms. The van der Waals surface area contributed by atoms with Gasteiger partial charge in [-0.25, -0.2) is 0 Å². The van der Waals surface area contributed by atoms with Gasteiger partial charge in [-0.3, -0.25) is 4.79 Å². The highest BCUT2D eigenvalue weighted by molar-refractivity contribution is 9.11. The zero-order valence-electron chi connectivity index (χ0n) is 11.1. The number of carbonyl (C=O) groups is 1. The van der Waals surface area contributed by atoms with Crippen molar-refractivity contribution in [2.75, 3.05) is 19.1 Å². The minimum Gasteiger partial charge on any atom is -0.497 e. The molecule has 0 aromatic heterocycles. The maximum atomic E-state index is 12.5. The average Bonchev–Trinajstić information content (AvgIpc) is 2.46. The Bertz CT molecular complexity index is 644. The molecule has 0 fully saturated rings. The first-order valence-corrected chi connectivity index (χ1v) is 7.48. The summed E-state index contributed by atoms with van der Waals surface area (Å²) in [5, 5.41) is 0. The quantitative estimate of drug-likeness (QED) is 0.761. The molecule has 1 amide bonds. The highest BCUT2D eigenvalue weighted by atomic mass is 79.9. The molecule has 20 heavy (non-hydrogen) atoms. The second kappa shape index (κ2) is 6.41. The summed E-state index contributed by atoms with van der Waals surface area (Å²) in [6.45, 7) is 0. The second-order valence-electron chi connectivity index (χ2n) is 4.19. The number of hydrogen-bond acceptors (Lipinski definition) is 2. The van der Waals surface area contributed by atoms with Crippen molar-refractivity contribution in [3.63, 3.8) is 0 Å². The molecular weight excluding hydrogens is 386 g/mol. The summed E-state index contributed by atoms with van der Waals surface area (Å²) in [6.07, 6.45) is 0. The molecule has 0 saturated carbocycles. The summed E-state index contributed by atoms with van der Waals surface area (Å²) in [7, 11) is 3.35. The number of carbonyl (C=O) groups excluding carboxylic acids is 1. The van der Waals surface area contributed by atoms with Gasteiger partial charge in [-0.1, -0.05) is 22.0 Å². The molecule has 0 aliphatic heterocycles. The van der Waals surface area contributed by atoms with Crippen molar-refractivity contribution in [3.05, 3.63) is 57.0 Å². The highest BCUT2D eigenvalue weighted by Crippen LogP contribution is 2.26. The van der Waals surface area contributed by atoms with Crippen molar-refractivity contribution in [2.45, 2.75) is 0 Å². The van der Waals surface area contributed by atoms with Crippen LogP contribution in [0.3, 0.4) is 0 Å². The average molecular weight is 399 g/mol. The van der Waals surface area contributed by atoms with Crippen LogP contribution in [0.1, 0.15) is 10.4 Å². The maximum absolute atomic E-state index is 12.5. The fraction of sp³-hybridized carbons (Fsp3) is 0.133. The second-order valence-corrected chi connectivity index (χ2v) is 5.96. The Labute approximate surface area is 134 Å². The van der Waals surface area contributed by atoms with Crippen LogP contribution in [0.4, 0.5) is 5.69 Å². The van der Waals surface area contributed by atoms with Gasteiger partial charge in [0.2, 0.25) is 0 Å². The fourth-order valence-corrected chi connectivity index (χ4v) is 3.00. The third kappa shape index (κ3) is 3.22. The van der Waals surface area contributed by atoms with E-state index in [-0.39, 0.29) is 5.91 Å². The highest BCUT2D eigenvalue weighted by Gasteiger charge is 2.16. The van der Waals surface area contributed by atoms with Gasteiger partial charge in [-0.05, 0) is 46.3 Å². The van der Waals surface area contributed by atoms with E-state index in [1.54, 1.807) is 25.1 Å². The van der Waals surface area contributed by atoms with Crippen LogP contribution in [0.25, 0.3) is 0 Å². The van der Waals surface area contributed by atoms with Crippen LogP contribution in [-0.2, 0) is 0 Å². The van der Waals surface area contributed by atoms with E-state index in [0.29, 0.717) is 5.56 Å². The first-order chi connectivity index (χ1) is 9.52. The number of rotatable bonds is 3. The van der Waals surface area contributed by atoms with Gasteiger partial charge in [0, 0.05) is 27.7 Å². The monoisotopic (exact) mass is 397 g/mol. The molecule has 5 heteroatoms. The third-order valence-electron chi connectivity index (χ3n) is 2.91. The zero-order chi connectivity index (χ0) is 14.7. The summed E-state index contributed by atoms with van der Waals surface area (Å²) >= 11 is 6.79. The lowest BCUT2D eigenvalue weighted by atomic mass is 10.2. The lowest BCUT2D eigenvalue weighted by molar-refractivity contribution is 0.0992. The van der Waals surface area contributed by atoms with E-state index in [4.69, 9.17) is 4.74 Å². The van der Waals surface area contributed by atoms with E-state index in [9.17, 15) is 4.79 Å². The zero-order valence-corrected chi connectivity index (χ0v) is 14.2. The summed E-state index contributed by atoms with van der Waals surface area (Å²) in [6, 6.07) is 12.9. The number of benzene rings is 2. The lowest BCUT2D eigenvalue weighted by Crippen LogP contribution is -2.26. The molecular formula is C15H13Br2NO2. The van der Waals surface area contributed by atoms with Crippen LogP contribution in [-0.4, -0.2) is 20.1 Å². The first-order valence-electron chi connectivity index (χ1n) is 5.90. The number of methoxy groups -OCH3 is 1. The van der Waals surface area contributed by atoms with Gasteiger partial charge in [0.15, 0.2) is 0 Å². The number of nitrogens with zero attached hydrogens (tertiary/aromatic N) is 1. The summed E-state index contributed by atoms with van der Waals surface area (Å²) in [5.41, 5.74) is 1.39. The predicted octanol–water partition coefficient (Wildman–Crippen LogP) is 4.50. The Kier molecular flexibility index (Phi) is 4.83. The standard InChI is InChI=1S/C15H13Br2NO2/c1-18(11-4-3-5-12(9-11)20-2)15(19)13-7-6-10(16)8-14(13)17/h3-9H,1-2H3. The number of amides is 1. The van der Waals surface area contributed by atoms with Crippen molar-refractivity contribution in [2.24, 2.45) is 0 Å². The molecule has 2 rings (SSSR count). The number of ether oxygens (including phenoxy) is 1.